The molecule has 7 atom stereocenters. The smallest absolute Gasteiger partial charge is 0.303 e. The number of ether oxygens (including phenoxy) is 4. The van der Waals surface area contributed by atoms with Crippen molar-refractivity contribution >= 4 is 18.0 Å². The summed E-state index contributed by atoms with van der Waals surface area (Å²) >= 11 is 0. The minimum absolute atomic E-state index is 0.00467. The van der Waals surface area contributed by atoms with E-state index < -0.39 is 0 Å². The van der Waals surface area contributed by atoms with Gasteiger partial charge in [0, 0.05) is 32.2 Å². The van der Waals surface area contributed by atoms with Crippen LogP contribution in [-0.4, -0.2) is 62.4 Å². The largest absolute Gasteiger partial charge is 0.493 e. The number of nitrogens with zero attached hydrogens (tertiary/aromatic N) is 1. The van der Waals surface area contributed by atoms with Gasteiger partial charge in [-0.3, -0.25) is 14.5 Å². The molecular formula is C38H53NO6. The van der Waals surface area contributed by atoms with E-state index >= 15 is 0 Å². The Hall–Kier alpha value is -2.80. The van der Waals surface area contributed by atoms with Gasteiger partial charge in [-0.1, -0.05) is 44.1 Å². The number of benzene rings is 1. The van der Waals surface area contributed by atoms with Gasteiger partial charge in [-0.15, -0.1) is 0 Å². The van der Waals surface area contributed by atoms with Gasteiger partial charge in [-0.2, -0.15) is 0 Å². The number of likely N-dealkylation sites (tertiary alicyclic amines) is 1. The van der Waals surface area contributed by atoms with E-state index in [1.807, 2.05) is 6.07 Å². The second kappa shape index (κ2) is 13.1. The van der Waals surface area contributed by atoms with E-state index in [4.69, 9.17) is 18.9 Å². The zero-order valence-electron chi connectivity index (χ0n) is 28.1. The lowest BCUT2D eigenvalue weighted by Gasteiger charge is -2.57. The van der Waals surface area contributed by atoms with Crippen molar-refractivity contribution in [3.63, 3.8) is 0 Å². The van der Waals surface area contributed by atoms with Crippen molar-refractivity contribution < 1.29 is 28.5 Å². The standard InChI is InChI=1S/C38H53NO6/c1-25(40)44-30-13-15-37(3)29(24-30)10-11-31-32(37)14-16-38(4)33(31)23-28(36(38)45-26(2)41)21-27-9-12-34(35(22-27)42-5)43-20-19-39-17-7-6-8-18-39/h9-10,12,21-22,30-33,36H,6-8,11,13-20,23-24H2,1-5H3/b28-21-/t30-,31+,32-,33-,36-,37-,38-/m0/s1. The summed E-state index contributed by atoms with van der Waals surface area (Å²) < 4.78 is 23.8. The first-order chi connectivity index (χ1) is 21.6. The van der Waals surface area contributed by atoms with E-state index in [2.05, 4.69) is 43.0 Å². The molecule has 3 saturated carbocycles. The maximum Gasteiger partial charge on any atom is 0.303 e. The number of piperidine rings is 1. The lowest BCUT2D eigenvalue weighted by atomic mass is 9.48. The molecule has 1 aromatic carbocycles. The van der Waals surface area contributed by atoms with Crippen LogP contribution in [-0.2, 0) is 19.1 Å². The van der Waals surface area contributed by atoms with Crippen LogP contribution in [0.15, 0.2) is 35.4 Å². The Bertz CT molecular complexity index is 1330. The summed E-state index contributed by atoms with van der Waals surface area (Å²) in [5, 5.41) is 0. The molecule has 1 aliphatic heterocycles. The predicted octanol–water partition coefficient (Wildman–Crippen LogP) is 7.38. The molecule has 0 N–H and O–H groups in total. The van der Waals surface area contributed by atoms with Crippen LogP contribution in [0.4, 0.5) is 0 Å². The molecule has 0 bridgehead atoms. The summed E-state index contributed by atoms with van der Waals surface area (Å²) in [6.07, 6.45) is 15.4. The van der Waals surface area contributed by atoms with E-state index in [-0.39, 0.29) is 35.0 Å². The Kier molecular flexibility index (Phi) is 9.38. The number of esters is 2. The molecule has 246 valence electrons. The highest BCUT2D eigenvalue weighted by Crippen LogP contribution is 2.66. The molecule has 45 heavy (non-hydrogen) atoms. The van der Waals surface area contributed by atoms with Crippen LogP contribution in [0.5, 0.6) is 11.5 Å². The highest BCUT2D eigenvalue weighted by atomic mass is 16.5. The molecule has 1 saturated heterocycles. The van der Waals surface area contributed by atoms with Crippen molar-refractivity contribution in [1.29, 1.82) is 0 Å². The van der Waals surface area contributed by atoms with Gasteiger partial charge in [-0.05, 0) is 111 Å². The quantitative estimate of drug-likeness (QED) is 0.222. The number of fused-ring (bicyclic) bond motifs is 5. The SMILES string of the molecule is COc1cc(/C=C2/C[C@H]3[C@@H]4CC=C5C[C@@H](OC(C)=O)CC[C@]5(C)[C@H]4CC[C@]3(C)[C@H]2OC(C)=O)ccc1OCCN1CCCCC1. The van der Waals surface area contributed by atoms with E-state index in [9.17, 15) is 9.59 Å². The maximum absolute atomic E-state index is 12.5. The fraction of sp³-hybridized carbons (Fsp3) is 0.684. The third-order valence-corrected chi connectivity index (χ3v) is 12.2. The molecule has 0 amide bonds. The highest BCUT2D eigenvalue weighted by Gasteiger charge is 2.61. The van der Waals surface area contributed by atoms with Gasteiger partial charge in [0.05, 0.1) is 7.11 Å². The first-order valence-corrected chi connectivity index (χ1v) is 17.4. The summed E-state index contributed by atoms with van der Waals surface area (Å²) in [6.45, 7) is 11.8. The molecule has 0 spiro atoms. The normalized spacial score (nSPS) is 35.4. The van der Waals surface area contributed by atoms with E-state index in [1.54, 1.807) is 7.11 Å². The van der Waals surface area contributed by atoms with Gasteiger partial charge in [-0.25, -0.2) is 0 Å². The van der Waals surface area contributed by atoms with Gasteiger partial charge in [0.25, 0.3) is 0 Å². The number of hydrogen-bond donors (Lipinski definition) is 0. The Morgan fingerprint density at radius 3 is 2.47 bits per heavy atom. The number of carbonyl (C=O) groups is 2. The summed E-state index contributed by atoms with van der Waals surface area (Å²) in [4.78, 5) is 26.6. The van der Waals surface area contributed by atoms with Crippen molar-refractivity contribution in [2.75, 3.05) is 33.4 Å². The van der Waals surface area contributed by atoms with Crippen LogP contribution < -0.4 is 9.47 Å². The number of allylic oxidation sites excluding steroid dienone is 1. The molecule has 0 unspecified atom stereocenters. The second-order valence-electron chi connectivity index (χ2n) is 14.9. The molecule has 1 heterocycles. The van der Waals surface area contributed by atoms with Crippen molar-refractivity contribution in [2.45, 2.75) is 104 Å². The van der Waals surface area contributed by atoms with Crippen LogP contribution in [0.3, 0.4) is 0 Å². The Morgan fingerprint density at radius 2 is 1.73 bits per heavy atom. The summed E-state index contributed by atoms with van der Waals surface area (Å²) in [5.74, 6) is 2.67. The van der Waals surface area contributed by atoms with Crippen LogP contribution in [0.25, 0.3) is 6.08 Å². The number of rotatable bonds is 8. The van der Waals surface area contributed by atoms with Gasteiger partial charge < -0.3 is 18.9 Å². The van der Waals surface area contributed by atoms with Gasteiger partial charge in [0.2, 0.25) is 0 Å². The van der Waals surface area contributed by atoms with Crippen LogP contribution in [0.1, 0.15) is 97.5 Å². The summed E-state index contributed by atoms with van der Waals surface area (Å²) in [7, 11) is 1.70. The second-order valence-corrected chi connectivity index (χ2v) is 14.9. The Morgan fingerprint density at radius 1 is 0.956 bits per heavy atom. The van der Waals surface area contributed by atoms with Gasteiger partial charge in [0.1, 0.15) is 18.8 Å². The molecule has 4 fully saturated rings. The fourth-order valence-corrected chi connectivity index (χ4v) is 9.89. The van der Waals surface area contributed by atoms with Crippen molar-refractivity contribution in [2.24, 2.45) is 28.6 Å². The van der Waals surface area contributed by atoms with Crippen molar-refractivity contribution in [1.82, 2.24) is 4.90 Å². The van der Waals surface area contributed by atoms with E-state index in [1.165, 1.54) is 44.3 Å². The van der Waals surface area contributed by atoms with Crippen LogP contribution in [0.2, 0.25) is 0 Å². The molecule has 5 aliphatic rings. The molecule has 4 aliphatic carbocycles. The third-order valence-electron chi connectivity index (χ3n) is 12.2. The van der Waals surface area contributed by atoms with Crippen LogP contribution >= 0.6 is 0 Å². The summed E-state index contributed by atoms with van der Waals surface area (Å²) in [6, 6.07) is 6.17. The number of methoxy groups -OCH3 is 1. The highest BCUT2D eigenvalue weighted by molar-refractivity contribution is 5.68. The fourth-order valence-electron chi connectivity index (χ4n) is 9.89. The lowest BCUT2D eigenvalue weighted by molar-refractivity contribution is -0.154. The van der Waals surface area contributed by atoms with Crippen molar-refractivity contribution in [3.05, 3.63) is 41.0 Å². The topological polar surface area (TPSA) is 74.3 Å². The van der Waals surface area contributed by atoms with Crippen molar-refractivity contribution in [3.8, 4) is 11.5 Å². The Labute approximate surface area is 269 Å². The molecule has 0 radical (unpaired) electrons. The predicted molar refractivity (Wildman–Crippen MR) is 175 cm³/mol. The third kappa shape index (κ3) is 6.43. The zero-order chi connectivity index (χ0) is 31.8. The molecule has 7 heteroatoms. The van der Waals surface area contributed by atoms with Gasteiger partial charge in [0.15, 0.2) is 11.5 Å². The molecule has 7 nitrogen and oxygen atoms in total. The monoisotopic (exact) mass is 619 g/mol. The minimum Gasteiger partial charge on any atom is -0.493 e. The van der Waals surface area contributed by atoms with E-state index in [0.717, 1.165) is 81.6 Å². The molecular weight excluding hydrogens is 566 g/mol. The first kappa shape index (κ1) is 32.2. The maximum atomic E-state index is 12.5. The zero-order valence-corrected chi connectivity index (χ0v) is 28.1. The number of carbonyl (C=O) groups excluding carboxylic acids is 2. The lowest BCUT2D eigenvalue weighted by Crippen LogP contribution is -2.51. The molecule has 0 aromatic heterocycles. The average Bonchev–Trinajstić information content (AvgIpc) is 3.28. The molecule has 6 rings (SSSR count). The molecule has 1 aromatic rings. The first-order valence-electron chi connectivity index (χ1n) is 17.4. The minimum atomic E-state index is -0.231. The Balaban J connectivity index is 1.22. The average molecular weight is 620 g/mol. The van der Waals surface area contributed by atoms with E-state index in [0.29, 0.717) is 24.4 Å². The number of hydrogen-bond acceptors (Lipinski definition) is 7. The summed E-state index contributed by atoms with van der Waals surface area (Å²) in [5.41, 5.74) is 3.78. The van der Waals surface area contributed by atoms with Gasteiger partial charge >= 0.3 is 11.9 Å². The van der Waals surface area contributed by atoms with Crippen LogP contribution in [0, 0.1) is 28.6 Å².